The normalized spacial score (nSPS) is 15.9. The van der Waals surface area contributed by atoms with Gasteiger partial charge < -0.3 is 27.0 Å². The molecule has 0 unspecified atom stereocenters. The molecule has 0 aliphatic carbocycles. The van der Waals surface area contributed by atoms with Crippen LogP contribution in [-0.4, -0.2) is 56.0 Å². The summed E-state index contributed by atoms with van der Waals surface area (Å²) in [5, 5.41) is 6.92. The number of rotatable bonds is 4. The lowest BCUT2D eigenvalue weighted by Crippen LogP contribution is -2.39. The van der Waals surface area contributed by atoms with Crippen LogP contribution in [0.2, 0.25) is 0 Å². The first kappa shape index (κ1) is 21.6. The summed E-state index contributed by atoms with van der Waals surface area (Å²) in [6, 6.07) is 16.0. The molecule has 0 saturated heterocycles. The first-order valence-electron chi connectivity index (χ1n) is 10.2. The molecule has 1 aliphatic rings. The van der Waals surface area contributed by atoms with E-state index in [9.17, 15) is 9.59 Å². The summed E-state index contributed by atoms with van der Waals surface area (Å²) in [6.45, 7) is 4.29. The van der Waals surface area contributed by atoms with Gasteiger partial charge in [0.1, 0.15) is 0 Å². The molecular formula is C22H30N6O2. The van der Waals surface area contributed by atoms with Crippen molar-refractivity contribution in [3.05, 3.63) is 59.7 Å². The van der Waals surface area contributed by atoms with Crippen molar-refractivity contribution < 1.29 is 9.59 Å². The third-order valence-corrected chi connectivity index (χ3v) is 5.09. The maximum atomic E-state index is 11.7. The Hall–Kier alpha value is -3.10. The van der Waals surface area contributed by atoms with Crippen LogP contribution >= 0.6 is 0 Å². The second kappa shape index (κ2) is 10.6. The molecule has 0 radical (unpaired) electrons. The van der Waals surface area contributed by atoms with Crippen molar-refractivity contribution >= 4 is 23.2 Å². The Kier molecular flexibility index (Phi) is 7.64. The molecule has 0 saturated carbocycles. The number of nitrogens with zero attached hydrogens (tertiary/aromatic N) is 2. The fraction of sp³-hybridized carbons (Fsp3) is 0.364. The van der Waals surface area contributed by atoms with Gasteiger partial charge in [-0.05, 0) is 23.3 Å². The molecule has 0 bridgehead atoms. The van der Waals surface area contributed by atoms with Crippen molar-refractivity contribution in [1.82, 2.24) is 10.2 Å². The van der Waals surface area contributed by atoms with E-state index in [-0.39, 0.29) is 24.9 Å². The molecule has 2 aromatic rings. The topological polar surface area (TPSA) is 117 Å². The summed E-state index contributed by atoms with van der Waals surface area (Å²) in [5.41, 5.74) is 15.2. The summed E-state index contributed by atoms with van der Waals surface area (Å²) in [4.78, 5) is 27.3. The van der Waals surface area contributed by atoms with Gasteiger partial charge in [0, 0.05) is 50.6 Å². The van der Waals surface area contributed by atoms with E-state index in [1.165, 1.54) is 0 Å². The zero-order valence-corrected chi connectivity index (χ0v) is 17.1. The number of amides is 2. The lowest BCUT2D eigenvalue weighted by molar-refractivity contribution is -0.119. The Balaban J connectivity index is 1.86. The van der Waals surface area contributed by atoms with Crippen LogP contribution in [0.3, 0.4) is 0 Å². The molecule has 8 nitrogen and oxygen atoms in total. The van der Waals surface area contributed by atoms with Crippen LogP contribution in [0.5, 0.6) is 0 Å². The molecule has 0 spiro atoms. The van der Waals surface area contributed by atoms with Crippen molar-refractivity contribution in [2.24, 2.45) is 11.5 Å². The summed E-state index contributed by atoms with van der Waals surface area (Å²) in [5.74, 6) is -0.699. The van der Waals surface area contributed by atoms with E-state index in [1.807, 2.05) is 58.3 Å². The Morgan fingerprint density at radius 2 is 1.57 bits per heavy atom. The predicted molar refractivity (Wildman–Crippen MR) is 119 cm³/mol. The minimum absolute atomic E-state index is 0.159. The van der Waals surface area contributed by atoms with Crippen LogP contribution in [0.25, 0.3) is 0 Å². The number of para-hydroxylation sites is 2. The number of carbonyl (C=O) groups excluding carboxylic acids is 2. The molecule has 2 aromatic carbocycles. The first-order valence-corrected chi connectivity index (χ1v) is 10.2. The smallest absolute Gasteiger partial charge is 0.236 e. The van der Waals surface area contributed by atoms with Crippen LogP contribution in [0, 0.1) is 0 Å². The van der Waals surface area contributed by atoms with Gasteiger partial charge in [0.25, 0.3) is 0 Å². The lowest BCUT2D eigenvalue weighted by atomic mass is 10.1. The second-order valence-electron chi connectivity index (χ2n) is 7.45. The molecular weight excluding hydrogens is 380 g/mol. The molecule has 2 amide bonds. The summed E-state index contributed by atoms with van der Waals surface area (Å²) in [7, 11) is 0. The minimum Gasteiger partial charge on any atom is -0.383 e. The first-order chi connectivity index (χ1) is 14.5. The van der Waals surface area contributed by atoms with Crippen LogP contribution in [-0.2, 0) is 22.7 Å². The average molecular weight is 411 g/mol. The second-order valence-corrected chi connectivity index (χ2v) is 7.45. The fourth-order valence-corrected chi connectivity index (χ4v) is 3.73. The number of hydrogen-bond acceptors (Lipinski definition) is 6. The van der Waals surface area contributed by atoms with Crippen molar-refractivity contribution in [2.45, 2.75) is 13.1 Å². The highest BCUT2D eigenvalue weighted by Gasteiger charge is 2.16. The van der Waals surface area contributed by atoms with E-state index in [1.54, 1.807) is 0 Å². The molecule has 8 heteroatoms. The van der Waals surface area contributed by atoms with Crippen LogP contribution in [0.1, 0.15) is 11.1 Å². The van der Waals surface area contributed by atoms with Crippen LogP contribution < -0.4 is 27.0 Å². The Morgan fingerprint density at radius 3 is 2.33 bits per heavy atom. The van der Waals surface area contributed by atoms with Crippen LogP contribution in [0.4, 0.5) is 11.4 Å². The van der Waals surface area contributed by atoms with Gasteiger partial charge in [-0.3, -0.25) is 14.5 Å². The van der Waals surface area contributed by atoms with Crippen molar-refractivity contribution in [1.29, 1.82) is 0 Å². The van der Waals surface area contributed by atoms with E-state index >= 15 is 0 Å². The number of carbonyl (C=O) groups is 2. The number of fused-ring (bicyclic) bond motifs is 2. The lowest BCUT2D eigenvalue weighted by Gasteiger charge is -2.28. The third kappa shape index (κ3) is 6.20. The van der Waals surface area contributed by atoms with Gasteiger partial charge in [-0.25, -0.2) is 0 Å². The molecule has 0 aromatic heterocycles. The standard InChI is InChI=1S/C22H30N6O2/c23-21(29)15-27-11-9-25-13-17-5-2-4-8-20(17)28(16-22(24)30)12-10-26-19-7-3-1-6-18(19)14-27/h1-8,25-26H,9-16H2,(H2,23,29)(H2,24,30). The molecule has 30 heavy (non-hydrogen) atoms. The number of benzene rings is 2. The maximum Gasteiger partial charge on any atom is 0.236 e. The summed E-state index contributed by atoms with van der Waals surface area (Å²) in [6.07, 6.45) is 0. The zero-order valence-electron chi connectivity index (χ0n) is 17.1. The SMILES string of the molecule is NC(=O)CN1CCNCc2ccccc2N(CC(N)=O)CCNc2ccccc2C1. The van der Waals surface area contributed by atoms with Gasteiger partial charge in [0.05, 0.1) is 13.1 Å². The number of anilines is 2. The molecule has 0 atom stereocenters. The van der Waals surface area contributed by atoms with E-state index in [0.717, 1.165) is 22.5 Å². The van der Waals surface area contributed by atoms with Gasteiger partial charge in [0.2, 0.25) is 11.8 Å². The van der Waals surface area contributed by atoms with Gasteiger partial charge >= 0.3 is 0 Å². The van der Waals surface area contributed by atoms with Crippen molar-refractivity contribution in [2.75, 3.05) is 49.5 Å². The van der Waals surface area contributed by atoms with Gasteiger partial charge in [-0.2, -0.15) is 0 Å². The predicted octanol–water partition coefficient (Wildman–Crippen LogP) is 0.481. The highest BCUT2D eigenvalue weighted by Crippen LogP contribution is 2.21. The van der Waals surface area contributed by atoms with Crippen LogP contribution in [0.15, 0.2) is 48.5 Å². The van der Waals surface area contributed by atoms with E-state index in [2.05, 4.69) is 10.6 Å². The van der Waals surface area contributed by atoms with E-state index in [0.29, 0.717) is 39.3 Å². The Labute approximate surface area is 177 Å². The van der Waals surface area contributed by atoms with Gasteiger partial charge in [-0.1, -0.05) is 36.4 Å². The molecule has 1 heterocycles. The van der Waals surface area contributed by atoms with Crippen molar-refractivity contribution in [3.8, 4) is 0 Å². The average Bonchev–Trinajstić information content (AvgIpc) is 2.70. The number of hydrogen-bond donors (Lipinski definition) is 4. The van der Waals surface area contributed by atoms with Gasteiger partial charge in [0.15, 0.2) is 0 Å². The van der Waals surface area contributed by atoms with Crippen molar-refractivity contribution in [3.63, 3.8) is 0 Å². The monoisotopic (exact) mass is 410 g/mol. The number of primary amides is 2. The quantitative estimate of drug-likeness (QED) is 0.583. The molecule has 1 aliphatic heterocycles. The van der Waals surface area contributed by atoms with E-state index in [4.69, 9.17) is 11.5 Å². The molecule has 160 valence electrons. The Morgan fingerprint density at radius 1 is 0.867 bits per heavy atom. The molecule has 6 N–H and O–H groups in total. The molecule has 0 fully saturated rings. The largest absolute Gasteiger partial charge is 0.383 e. The number of nitrogens with two attached hydrogens (primary N) is 2. The maximum absolute atomic E-state index is 11.7. The molecule has 3 rings (SSSR count). The Bertz CT molecular complexity index is 872. The highest BCUT2D eigenvalue weighted by molar-refractivity contribution is 5.80. The highest BCUT2D eigenvalue weighted by atomic mass is 16.1. The van der Waals surface area contributed by atoms with Gasteiger partial charge in [-0.15, -0.1) is 0 Å². The fourth-order valence-electron chi connectivity index (χ4n) is 3.73. The van der Waals surface area contributed by atoms with E-state index < -0.39 is 0 Å². The minimum atomic E-state index is -0.360. The third-order valence-electron chi connectivity index (χ3n) is 5.09. The summed E-state index contributed by atoms with van der Waals surface area (Å²) < 4.78 is 0. The summed E-state index contributed by atoms with van der Waals surface area (Å²) >= 11 is 0. The number of nitrogens with one attached hydrogen (secondary N) is 2. The zero-order chi connectivity index (χ0) is 21.3.